The number of rotatable bonds is 10. The van der Waals surface area contributed by atoms with Crippen molar-refractivity contribution in [2.24, 2.45) is 0 Å². The maximum absolute atomic E-state index is 14.5. The fourth-order valence-electron chi connectivity index (χ4n) is 3.01. The van der Waals surface area contributed by atoms with Gasteiger partial charge >= 0.3 is 0 Å². The number of benzene rings is 3. The second-order valence-corrected chi connectivity index (χ2v) is 9.01. The van der Waals surface area contributed by atoms with Gasteiger partial charge in [0.05, 0.1) is 24.2 Å². The number of hydrogen-bond acceptors (Lipinski definition) is 5. The van der Waals surface area contributed by atoms with Gasteiger partial charge < -0.3 is 14.8 Å². The lowest BCUT2D eigenvalue weighted by Gasteiger charge is -2.24. The molecule has 0 atom stereocenters. The molecule has 9 heteroatoms. The van der Waals surface area contributed by atoms with Crippen molar-refractivity contribution in [3.8, 4) is 11.5 Å². The van der Waals surface area contributed by atoms with Crippen molar-refractivity contribution in [2.75, 3.05) is 31.1 Å². The van der Waals surface area contributed by atoms with E-state index in [-0.39, 0.29) is 23.7 Å². The van der Waals surface area contributed by atoms with Gasteiger partial charge in [-0.3, -0.25) is 9.10 Å². The van der Waals surface area contributed by atoms with Crippen LogP contribution in [0.2, 0.25) is 0 Å². The molecule has 0 aliphatic rings. The Bertz CT molecular complexity index is 1180. The van der Waals surface area contributed by atoms with Gasteiger partial charge in [-0.25, -0.2) is 12.8 Å². The molecule has 0 radical (unpaired) electrons. The molecule has 0 spiro atoms. The Kier molecular flexibility index (Phi) is 7.89. The Balaban J connectivity index is 1.72. The second-order valence-electron chi connectivity index (χ2n) is 7.15. The van der Waals surface area contributed by atoms with Crippen LogP contribution in [0.1, 0.15) is 5.56 Å². The second kappa shape index (κ2) is 10.8. The zero-order valence-electron chi connectivity index (χ0n) is 18.3. The minimum atomic E-state index is -4.23. The summed E-state index contributed by atoms with van der Waals surface area (Å²) < 4.78 is 52.4. The molecule has 3 aromatic carbocycles. The van der Waals surface area contributed by atoms with Crippen LogP contribution in [0, 0.1) is 12.7 Å². The summed E-state index contributed by atoms with van der Waals surface area (Å²) in [6.07, 6.45) is 0. The van der Waals surface area contributed by atoms with E-state index in [9.17, 15) is 17.6 Å². The van der Waals surface area contributed by atoms with Crippen LogP contribution in [0.5, 0.6) is 11.5 Å². The van der Waals surface area contributed by atoms with E-state index in [4.69, 9.17) is 9.47 Å². The number of methoxy groups -OCH3 is 1. The van der Waals surface area contributed by atoms with Crippen molar-refractivity contribution in [2.45, 2.75) is 11.8 Å². The molecule has 0 fully saturated rings. The fraction of sp³-hybridized carbons (Fsp3) is 0.208. The number of nitrogens with zero attached hydrogens (tertiary/aromatic N) is 1. The molecule has 1 N–H and O–H groups in total. The Morgan fingerprint density at radius 1 is 0.970 bits per heavy atom. The highest BCUT2D eigenvalue weighted by Crippen LogP contribution is 2.27. The lowest BCUT2D eigenvalue weighted by atomic mass is 10.2. The predicted molar refractivity (Wildman–Crippen MR) is 124 cm³/mol. The molecule has 0 saturated carbocycles. The average Bonchev–Trinajstić information content (AvgIpc) is 2.82. The third kappa shape index (κ3) is 6.23. The average molecular weight is 473 g/mol. The molecule has 1 amide bonds. The highest BCUT2D eigenvalue weighted by molar-refractivity contribution is 7.92. The number of hydrogen-bond donors (Lipinski definition) is 1. The zero-order valence-corrected chi connectivity index (χ0v) is 19.1. The van der Waals surface area contributed by atoms with Gasteiger partial charge in [-0.05, 0) is 55.5 Å². The topological polar surface area (TPSA) is 84.9 Å². The first-order valence-electron chi connectivity index (χ1n) is 10.2. The van der Waals surface area contributed by atoms with Gasteiger partial charge in [0.25, 0.3) is 10.0 Å². The Morgan fingerprint density at radius 2 is 1.61 bits per heavy atom. The van der Waals surface area contributed by atoms with Crippen LogP contribution in [0.15, 0.2) is 77.7 Å². The van der Waals surface area contributed by atoms with E-state index >= 15 is 0 Å². The van der Waals surface area contributed by atoms with E-state index in [0.717, 1.165) is 15.9 Å². The first-order chi connectivity index (χ1) is 15.8. The number of ether oxygens (including phenoxy) is 2. The Morgan fingerprint density at radius 3 is 2.24 bits per heavy atom. The van der Waals surface area contributed by atoms with Crippen molar-refractivity contribution < 1.29 is 27.1 Å². The molecule has 0 saturated heterocycles. The number of anilines is 1. The highest BCUT2D eigenvalue weighted by atomic mass is 32.2. The predicted octanol–water partition coefficient (Wildman–Crippen LogP) is 3.53. The molecule has 0 heterocycles. The van der Waals surface area contributed by atoms with E-state index < -0.39 is 28.3 Å². The molecule has 0 aliphatic heterocycles. The largest absolute Gasteiger partial charge is 0.497 e. The van der Waals surface area contributed by atoms with Crippen molar-refractivity contribution in [3.05, 3.63) is 84.2 Å². The standard InChI is InChI=1S/C24H25FN2O5S/c1-18-7-9-20(10-8-18)32-16-15-26-24(28)17-27(23-6-4-3-5-22(23)25)33(29,30)21-13-11-19(31-2)12-14-21/h3-14H,15-17H2,1-2H3,(H,26,28). The van der Waals surface area contributed by atoms with E-state index in [2.05, 4.69) is 5.32 Å². The van der Waals surface area contributed by atoms with E-state index in [1.54, 1.807) is 0 Å². The normalized spacial score (nSPS) is 11.0. The Hall–Kier alpha value is -3.59. The Labute approximate surface area is 192 Å². The molecular formula is C24H25FN2O5S. The van der Waals surface area contributed by atoms with Crippen LogP contribution in [-0.2, 0) is 14.8 Å². The number of para-hydroxylation sites is 1. The molecule has 7 nitrogen and oxygen atoms in total. The first kappa shape index (κ1) is 24.1. The van der Waals surface area contributed by atoms with Crippen LogP contribution in [0.4, 0.5) is 10.1 Å². The summed E-state index contributed by atoms with van der Waals surface area (Å²) in [6, 6.07) is 18.5. The van der Waals surface area contributed by atoms with Crippen LogP contribution in [0.3, 0.4) is 0 Å². The monoisotopic (exact) mass is 472 g/mol. The van der Waals surface area contributed by atoms with Crippen molar-refractivity contribution in [1.82, 2.24) is 5.32 Å². The summed E-state index contributed by atoms with van der Waals surface area (Å²) in [6.45, 7) is 1.71. The van der Waals surface area contributed by atoms with Crippen LogP contribution in [0.25, 0.3) is 0 Å². The summed E-state index contributed by atoms with van der Waals surface area (Å²) in [5.74, 6) is -0.226. The number of halogens is 1. The van der Waals surface area contributed by atoms with Crippen molar-refractivity contribution in [3.63, 3.8) is 0 Å². The molecule has 0 aromatic heterocycles. The molecule has 0 aliphatic carbocycles. The third-order valence-corrected chi connectivity index (χ3v) is 6.54. The number of nitrogens with one attached hydrogen (secondary N) is 1. The highest BCUT2D eigenvalue weighted by Gasteiger charge is 2.29. The van der Waals surface area contributed by atoms with E-state index in [1.165, 1.54) is 49.6 Å². The number of amides is 1. The lowest BCUT2D eigenvalue weighted by molar-refractivity contribution is -0.119. The SMILES string of the molecule is COc1ccc(S(=O)(=O)N(CC(=O)NCCOc2ccc(C)cc2)c2ccccc2F)cc1. The molecule has 0 bridgehead atoms. The maximum atomic E-state index is 14.5. The van der Waals surface area contributed by atoms with Crippen LogP contribution >= 0.6 is 0 Å². The number of aryl methyl sites for hydroxylation is 1. The maximum Gasteiger partial charge on any atom is 0.264 e. The minimum absolute atomic E-state index is 0.0953. The molecule has 3 aromatic rings. The number of carbonyl (C=O) groups is 1. The van der Waals surface area contributed by atoms with E-state index in [0.29, 0.717) is 11.5 Å². The summed E-state index contributed by atoms with van der Waals surface area (Å²) in [5.41, 5.74) is 0.876. The smallest absolute Gasteiger partial charge is 0.264 e. The molecule has 33 heavy (non-hydrogen) atoms. The third-order valence-electron chi connectivity index (χ3n) is 4.77. The van der Waals surface area contributed by atoms with Gasteiger partial charge in [0, 0.05) is 0 Å². The summed E-state index contributed by atoms with van der Waals surface area (Å²) in [7, 11) is -2.77. The number of sulfonamides is 1. The van der Waals surface area contributed by atoms with Gasteiger partial charge in [-0.1, -0.05) is 29.8 Å². The van der Waals surface area contributed by atoms with Crippen LogP contribution < -0.4 is 19.1 Å². The molecular weight excluding hydrogens is 447 g/mol. The van der Waals surface area contributed by atoms with Gasteiger partial charge in [0.15, 0.2) is 0 Å². The minimum Gasteiger partial charge on any atom is -0.497 e. The number of carbonyl (C=O) groups excluding carboxylic acids is 1. The molecule has 3 rings (SSSR count). The van der Waals surface area contributed by atoms with Gasteiger partial charge in [-0.2, -0.15) is 0 Å². The summed E-state index contributed by atoms with van der Waals surface area (Å²) in [4.78, 5) is 12.5. The van der Waals surface area contributed by atoms with Crippen molar-refractivity contribution in [1.29, 1.82) is 0 Å². The molecule has 174 valence electrons. The van der Waals surface area contributed by atoms with Gasteiger partial charge in [-0.15, -0.1) is 0 Å². The van der Waals surface area contributed by atoms with Gasteiger partial charge in [0.2, 0.25) is 5.91 Å². The fourth-order valence-corrected chi connectivity index (χ4v) is 4.44. The summed E-state index contributed by atoms with van der Waals surface area (Å²) >= 11 is 0. The van der Waals surface area contributed by atoms with Gasteiger partial charge in [0.1, 0.15) is 30.5 Å². The van der Waals surface area contributed by atoms with Crippen LogP contribution in [-0.4, -0.2) is 41.1 Å². The first-order valence-corrected chi connectivity index (χ1v) is 11.6. The van der Waals surface area contributed by atoms with Crippen molar-refractivity contribution >= 4 is 21.6 Å². The quantitative estimate of drug-likeness (QED) is 0.457. The summed E-state index contributed by atoms with van der Waals surface area (Å²) in [5, 5.41) is 2.61. The lowest BCUT2D eigenvalue weighted by Crippen LogP contribution is -2.42. The molecule has 0 unspecified atom stereocenters. The zero-order chi connectivity index (χ0) is 23.8. The van der Waals surface area contributed by atoms with E-state index in [1.807, 2.05) is 31.2 Å².